The molecule has 2 aromatic carbocycles. The van der Waals surface area contributed by atoms with Crippen LogP contribution in [0, 0.1) is 0 Å². The molecule has 2 rings (SSSR count). The van der Waals surface area contributed by atoms with Crippen molar-refractivity contribution in [3.63, 3.8) is 0 Å². The van der Waals surface area contributed by atoms with Crippen LogP contribution in [0.3, 0.4) is 0 Å². The summed E-state index contributed by atoms with van der Waals surface area (Å²) in [6.45, 7) is 21.2. The van der Waals surface area contributed by atoms with Gasteiger partial charge in [-0.3, -0.25) is 0 Å². The molecule has 122 valence electrons. The molecule has 0 spiro atoms. The minimum absolute atomic E-state index is 1.13. The van der Waals surface area contributed by atoms with Crippen molar-refractivity contribution in [3.8, 4) is 0 Å². The maximum absolute atomic E-state index is 3.88. The Bertz CT molecular complexity index is 684. The molecule has 0 aliphatic carbocycles. The summed E-state index contributed by atoms with van der Waals surface area (Å²) >= 11 is 0. The SMILES string of the molecule is C=CC.C=Cc1cc2cccc(/C(C)=C/C)c2cc1C=C.CC. The van der Waals surface area contributed by atoms with Crippen molar-refractivity contribution in [1.29, 1.82) is 0 Å². The molecule has 0 unspecified atom stereocenters. The molecule has 0 fully saturated rings. The first-order valence-corrected chi connectivity index (χ1v) is 8.14. The Balaban J connectivity index is 0.000000868. The molecule has 0 saturated heterocycles. The molecule has 0 radical (unpaired) electrons. The third-order valence-electron chi connectivity index (χ3n) is 3.38. The van der Waals surface area contributed by atoms with Crippen molar-refractivity contribution >= 4 is 28.5 Å². The van der Waals surface area contributed by atoms with Gasteiger partial charge in [-0.2, -0.15) is 0 Å². The predicted octanol–water partition coefficient (Wildman–Crippen LogP) is 7.77. The number of hydrogen-bond acceptors (Lipinski definition) is 0. The summed E-state index contributed by atoms with van der Waals surface area (Å²) in [5, 5.41) is 2.52. The minimum Gasteiger partial charge on any atom is -0.103 e. The van der Waals surface area contributed by atoms with E-state index in [2.05, 4.69) is 70.0 Å². The van der Waals surface area contributed by atoms with Gasteiger partial charge in [-0.1, -0.05) is 69.5 Å². The van der Waals surface area contributed by atoms with Gasteiger partial charge in [0.15, 0.2) is 0 Å². The largest absolute Gasteiger partial charge is 0.103 e. The maximum atomic E-state index is 3.88. The minimum atomic E-state index is 1.13. The Morgan fingerprint density at radius 3 is 1.91 bits per heavy atom. The molecule has 0 heteroatoms. The lowest BCUT2D eigenvalue weighted by molar-refractivity contribution is 1.50. The van der Waals surface area contributed by atoms with Gasteiger partial charge in [-0.25, -0.2) is 0 Å². The van der Waals surface area contributed by atoms with E-state index >= 15 is 0 Å². The molecule has 0 N–H and O–H groups in total. The number of benzene rings is 2. The summed E-state index contributed by atoms with van der Waals surface area (Å²) in [7, 11) is 0. The van der Waals surface area contributed by atoms with Crippen molar-refractivity contribution in [3.05, 3.63) is 78.9 Å². The molecule has 0 aliphatic rings. The molecular weight excluding hydrogens is 276 g/mol. The third kappa shape index (κ3) is 5.41. The van der Waals surface area contributed by atoms with Crippen molar-refractivity contribution < 1.29 is 0 Å². The number of allylic oxidation sites excluding steroid dienone is 3. The predicted molar refractivity (Wildman–Crippen MR) is 111 cm³/mol. The van der Waals surface area contributed by atoms with Crippen molar-refractivity contribution in [2.45, 2.75) is 34.6 Å². The molecule has 0 aliphatic heterocycles. The lowest BCUT2D eigenvalue weighted by Gasteiger charge is -2.10. The molecule has 0 bridgehead atoms. The fraction of sp³-hybridized carbons (Fsp3) is 0.217. The highest BCUT2D eigenvalue weighted by Crippen LogP contribution is 2.28. The topological polar surface area (TPSA) is 0 Å². The molecule has 2 aromatic rings. The third-order valence-corrected chi connectivity index (χ3v) is 3.38. The van der Waals surface area contributed by atoms with E-state index < -0.39 is 0 Å². The first-order valence-electron chi connectivity index (χ1n) is 8.14. The molecule has 0 amide bonds. The fourth-order valence-electron chi connectivity index (χ4n) is 2.21. The summed E-state index contributed by atoms with van der Waals surface area (Å²) < 4.78 is 0. The van der Waals surface area contributed by atoms with E-state index in [4.69, 9.17) is 0 Å². The van der Waals surface area contributed by atoms with Crippen molar-refractivity contribution in [2.24, 2.45) is 0 Å². The zero-order valence-electron chi connectivity index (χ0n) is 15.3. The van der Waals surface area contributed by atoms with Crippen LogP contribution in [-0.4, -0.2) is 0 Å². The van der Waals surface area contributed by atoms with E-state index in [0.29, 0.717) is 0 Å². The van der Waals surface area contributed by atoms with Gasteiger partial charge in [-0.15, -0.1) is 6.58 Å². The standard InChI is InChI=1S/C18H18.C3H6.C2H6/c1-5-13(4)17-10-8-9-16-11-14(6-2)15(7-3)12-18(16)17;1-3-2;1-2/h5-12H,2-3H2,1,4H3;3H,1H2,2H3;1-2H3/b13-5+;;. The molecule has 0 nitrogen and oxygen atoms in total. The van der Waals surface area contributed by atoms with Crippen LogP contribution >= 0.6 is 0 Å². The van der Waals surface area contributed by atoms with E-state index in [1.54, 1.807) is 6.08 Å². The quantitative estimate of drug-likeness (QED) is 0.508. The van der Waals surface area contributed by atoms with Gasteiger partial charge in [-0.05, 0) is 65.9 Å². The first kappa shape index (κ1) is 20.7. The molecule has 0 saturated carbocycles. The Morgan fingerprint density at radius 2 is 1.43 bits per heavy atom. The monoisotopic (exact) mass is 306 g/mol. The average molecular weight is 306 g/mol. The highest BCUT2D eigenvalue weighted by Gasteiger charge is 2.05. The Kier molecular flexibility index (Phi) is 10.1. The molecular formula is C23H30. The Hall–Kier alpha value is -2.34. The van der Waals surface area contributed by atoms with E-state index in [0.717, 1.165) is 11.1 Å². The number of rotatable bonds is 3. The number of fused-ring (bicyclic) bond motifs is 1. The van der Waals surface area contributed by atoms with E-state index in [-0.39, 0.29) is 0 Å². The second kappa shape index (κ2) is 11.3. The highest BCUT2D eigenvalue weighted by molar-refractivity contribution is 5.96. The lowest BCUT2D eigenvalue weighted by atomic mass is 9.94. The summed E-state index contributed by atoms with van der Waals surface area (Å²) in [4.78, 5) is 0. The zero-order chi connectivity index (χ0) is 17.8. The van der Waals surface area contributed by atoms with Crippen LogP contribution in [-0.2, 0) is 0 Å². The normalized spacial score (nSPS) is 9.87. The molecule has 23 heavy (non-hydrogen) atoms. The highest BCUT2D eigenvalue weighted by atomic mass is 14.1. The van der Waals surface area contributed by atoms with Gasteiger partial charge in [0, 0.05) is 0 Å². The van der Waals surface area contributed by atoms with Crippen LogP contribution in [0.25, 0.3) is 28.5 Å². The fourth-order valence-corrected chi connectivity index (χ4v) is 2.21. The van der Waals surface area contributed by atoms with Crippen LogP contribution in [0.1, 0.15) is 51.3 Å². The number of hydrogen-bond donors (Lipinski definition) is 0. The van der Waals surface area contributed by atoms with Gasteiger partial charge in [0.2, 0.25) is 0 Å². The maximum Gasteiger partial charge on any atom is -0.0103 e. The average Bonchev–Trinajstić information content (AvgIpc) is 2.61. The second-order valence-electron chi connectivity index (χ2n) is 4.80. The Morgan fingerprint density at radius 1 is 0.913 bits per heavy atom. The summed E-state index contributed by atoms with van der Waals surface area (Å²) in [6, 6.07) is 10.8. The van der Waals surface area contributed by atoms with Crippen molar-refractivity contribution in [1.82, 2.24) is 0 Å². The van der Waals surface area contributed by atoms with E-state index in [1.165, 1.54) is 21.9 Å². The van der Waals surface area contributed by atoms with E-state index in [9.17, 15) is 0 Å². The summed E-state index contributed by atoms with van der Waals surface area (Å²) in [5.41, 5.74) is 4.84. The summed E-state index contributed by atoms with van der Waals surface area (Å²) in [6.07, 6.45) is 7.66. The van der Waals surface area contributed by atoms with Crippen LogP contribution < -0.4 is 0 Å². The van der Waals surface area contributed by atoms with Crippen molar-refractivity contribution in [2.75, 3.05) is 0 Å². The lowest BCUT2D eigenvalue weighted by Crippen LogP contribution is -1.87. The van der Waals surface area contributed by atoms with Crippen LogP contribution in [0.2, 0.25) is 0 Å². The van der Waals surface area contributed by atoms with E-state index in [1.807, 2.05) is 32.9 Å². The molecule has 0 heterocycles. The molecule has 0 aromatic heterocycles. The van der Waals surface area contributed by atoms with Gasteiger partial charge in [0.05, 0.1) is 0 Å². The van der Waals surface area contributed by atoms with Gasteiger partial charge < -0.3 is 0 Å². The van der Waals surface area contributed by atoms with Crippen LogP contribution in [0.5, 0.6) is 0 Å². The van der Waals surface area contributed by atoms with Crippen LogP contribution in [0.4, 0.5) is 0 Å². The van der Waals surface area contributed by atoms with Gasteiger partial charge >= 0.3 is 0 Å². The van der Waals surface area contributed by atoms with Gasteiger partial charge in [0.25, 0.3) is 0 Å². The summed E-state index contributed by atoms with van der Waals surface area (Å²) in [5.74, 6) is 0. The second-order valence-corrected chi connectivity index (χ2v) is 4.80. The molecule has 0 atom stereocenters. The van der Waals surface area contributed by atoms with Gasteiger partial charge in [0.1, 0.15) is 0 Å². The Labute approximate surface area is 142 Å². The van der Waals surface area contributed by atoms with Crippen LogP contribution in [0.15, 0.2) is 62.2 Å². The smallest absolute Gasteiger partial charge is 0.0103 e. The first-order chi connectivity index (χ1) is 11.1. The zero-order valence-corrected chi connectivity index (χ0v) is 15.3.